The molecule has 1 aromatic rings. The summed E-state index contributed by atoms with van der Waals surface area (Å²) in [6.07, 6.45) is 3.63. The van der Waals surface area contributed by atoms with E-state index < -0.39 is 11.6 Å². The van der Waals surface area contributed by atoms with Crippen LogP contribution in [0.3, 0.4) is 0 Å². The second-order valence-electron chi connectivity index (χ2n) is 3.68. The summed E-state index contributed by atoms with van der Waals surface area (Å²) < 4.78 is 10.7. The van der Waals surface area contributed by atoms with Crippen molar-refractivity contribution >= 4 is 5.97 Å². The standard InChI is InChI=1S/C11H14O4/c1-2-15-11(10(12)13)6-3-4-9-8(11)5-7-14-9/h5,7H,2-4,6H2,1H3,(H,12,13). The Morgan fingerprint density at radius 1 is 1.73 bits per heavy atom. The number of aliphatic carboxylic acids is 1. The SMILES string of the molecule is CCOC1(C(=O)O)CCCc2occc21. The molecule has 0 bridgehead atoms. The van der Waals surface area contributed by atoms with Gasteiger partial charge in [-0.15, -0.1) is 0 Å². The number of hydrogen-bond donors (Lipinski definition) is 1. The van der Waals surface area contributed by atoms with Gasteiger partial charge in [0, 0.05) is 18.6 Å². The first-order valence-corrected chi connectivity index (χ1v) is 5.15. The summed E-state index contributed by atoms with van der Waals surface area (Å²) in [5.41, 5.74) is -0.502. The van der Waals surface area contributed by atoms with E-state index in [4.69, 9.17) is 9.15 Å². The quantitative estimate of drug-likeness (QED) is 0.828. The van der Waals surface area contributed by atoms with Gasteiger partial charge in [-0.2, -0.15) is 0 Å². The van der Waals surface area contributed by atoms with Gasteiger partial charge in [0.15, 0.2) is 5.60 Å². The average Bonchev–Trinajstić information content (AvgIpc) is 2.66. The number of hydrogen-bond acceptors (Lipinski definition) is 3. The third kappa shape index (κ3) is 1.45. The Morgan fingerprint density at radius 2 is 2.53 bits per heavy atom. The van der Waals surface area contributed by atoms with Crippen molar-refractivity contribution in [1.29, 1.82) is 0 Å². The van der Waals surface area contributed by atoms with Crippen molar-refractivity contribution in [2.75, 3.05) is 6.61 Å². The van der Waals surface area contributed by atoms with Crippen LogP contribution in [0, 0.1) is 0 Å². The van der Waals surface area contributed by atoms with E-state index in [-0.39, 0.29) is 0 Å². The van der Waals surface area contributed by atoms with E-state index in [0.29, 0.717) is 18.6 Å². The number of carbonyl (C=O) groups is 1. The fourth-order valence-corrected chi connectivity index (χ4v) is 2.21. The molecule has 0 amide bonds. The minimum absolute atomic E-state index is 0.386. The number of furan rings is 1. The Morgan fingerprint density at radius 3 is 3.20 bits per heavy atom. The van der Waals surface area contributed by atoms with Crippen LogP contribution in [0.1, 0.15) is 31.1 Å². The Bertz CT molecular complexity index is 368. The van der Waals surface area contributed by atoms with Crippen molar-refractivity contribution in [3.8, 4) is 0 Å². The third-order valence-electron chi connectivity index (χ3n) is 2.85. The molecule has 1 unspecified atom stereocenters. The molecule has 4 heteroatoms. The predicted octanol–water partition coefficient (Wildman–Crippen LogP) is 1.93. The Hall–Kier alpha value is -1.29. The molecule has 1 aromatic heterocycles. The van der Waals surface area contributed by atoms with Crippen LogP contribution < -0.4 is 0 Å². The fraction of sp³-hybridized carbons (Fsp3) is 0.545. The van der Waals surface area contributed by atoms with E-state index in [1.54, 1.807) is 13.0 Å². The summed E-state index contributed by atoms with van der Waals surface area (Å²) in [6.45, 7) is 2.19. The van der Waals surface area contributed by atoms with Crippen molar-refractivity contribution in [2.45, 2.75) is 31.8 Å². The molecule has 1 aliphatic carbocycles. The zero-order chi connectivity index (χ0) is 10.9. The first-order chi connectivity index (χ1) is 7.20. The third-order valence-corrected chi connectivity index (χ3v) is 2.85. The van der Waals surface area contributed by atoms with Gasteiger partial charge in [-0.25, -0.2) is 4.79 Å². The maximum atomic E-state index is 11.4. The molecule has 1 atom stereocenters. The molecule has 1 heterocycles. The predicted molar refractivity (Wildman–Crippen MR) is 52.6 cm³/mol. The van der Waals surface area contributed by atoms with Crippen LogP contribution in [-0.2, 0) is 21.6 Å². The number of carboxylic acids is 1. The smallest absolute Gasteiger partial charge is 0.340 e. The first kappa shape index (κ1) is 10.2. The van der Waals surface area contributed by atoms with Gasteiger partial charge in [-0.3, -0.25) is 0 Å². The van der Waals surface area contributed by atoms with E-state index in [1.165, 1.54) is 6.26 Å². The van der Waals surface area contributed by atoms with Gasteiger partial charge in [0.2, 0.25) is 0 Å². The monoisotopic (exact) mass is 210 g/mol. The molecule has 82 valence electrons. The summed E-state index contributed by atoms with van der Waals surface area (Å²) in [6, 6.07) is 1.71. The first-order valence-electron chi connectivity index (χ1n) is 5.15. The molecular formula is C11H14O4. The number of carboxylic acid groups (broad SMARTS) is 1. The fourth-order valence-electron chi connectivity index (χ4n) is 2.21. The number of rotatable bonds is 3. The van der Waals surface area contributed by atoms with Gasteiger partial charge in [-0.05, 0) is 25.8 Å². The second-order valence-corrected chi connectivity index (χ2v) is 3.68. The molecule has 0 aliphatic heterocycles. The van der Waals surface area contributed by atoms with E-state index in [2.05, 4.69) is 0 Å². The Balaban J connectivity index is 2.47. The molecule has 0 aromatic carbocycles. The minimum atomic E-state index is -1.19. The van der Waals surface area contributed by atoms with E-state index in [9.17, 15) is 9.90 Å². The summed E-state index contributed by atoms with van der Waals surface area (Å²) in [5, 5.41) is 9.32. The summed E-state index contributed by atoms with van der Waals surface area (Å²) in [7, 11) is 0. The van der Waals surface area contributed by atoms with Crippen LogP contribution in [0.5, 0.6) is 0 Å². The molecule has 0 saturated heterocycles. The number of aryl methyl sites for hydroxylation is 1. The van der Waals surface area contributed by atoms with E-state index >= 15 is 0 Å². The zero-order valence-corrected chi connectivity index (χ0v) is 8.66. The lowest BCUT2D eigenvalue weighted by molar-refractivity contribution is -0.169. The Labute approximate surface area is 87.8 Å². The van der Waals surface area contributed by atoms with Crippen molar-refractivity contribution < 1.29 is 19.1 Å². The molecule has 4 nitrogen and oxygen atoms in total. The van der Waals surface area contributed by atoms with Crippen LogP contribution in [0.2, 0.25) is 0 Å². The number of fused-ring (bicyclic) bond motifs is 1. The topological polar surface area (TPSA) is 59.7 Å². The highest BCUT2D eigenvalue weighted by Gasteiger charge is 2.46. The number of ether oxygens (including phenoxy) is 1. The molecule has 0 saturated carbocycles. The highest BCUT2D eigenvalue weighted by atomic mass is 16.5. The van der Waals surface area contributed by atoms with Crippen molar-refractivity contribution in [2.24, 2.45) is 0 Å². The van der Waals surface area contributed by atoms with Crippen molar-refractivity contribution in [3.05, 3.63) is 23.7 Å². The summed E-state index contributed by atoms with van der Waals surface area (Å²) in [5.74, 6) is -0.177. The van der Waals surface area contributed by atoms with Crippen LogP contribution in [0.15, 0.2) is 16.7 Å². The largest absolute Gasteiger partial charge is 0.479 e. The van der Waals surface area contributed by atoms with Gasteiger partial charge < -0.3 is 14.3 Å². The maximum absolute atomic E-state index is 11.4. The van der Waals surface area contributed by atoms with E-state index in [0.717, 1.165) is 18.6 Å². The minimum Gasteiger partial charge on any atom is -0.479 e. The van der Waals surface area contributed by atoms with Crippen LogP contribution in [0.25, 0.3) is 0 Å². The molecule has 1 aliphatic rings. The molecule has 2 rings (SSSR count). The maximum Gasteiger partial charge on any atom is 0.340 e. The van der Waals surface area contributed by atoms with Gasteiger partial charge in [0.05, 0.1) is 6.26 Å². The lowest BCUT2D eigenvalue weighted by atomic mass is 9.83. The highest BCUT2D eigenvalue weighted by molar-refractivity contribution is 5.80. The molecule has 0 fully saturated rings. The molecule has 0 spiro atoms. The molecule has 1 N–H and O–H groups in total. The normalized spacial score (nSPS) is 24.9. The van der Waals surface area contributed by atoms with E-state index in [1.807, 2.05) is 0 Å². The van der Waals surface area contributed by atoms with Gasteiger partial charge in [-0.1, -0.05) is 0 Å². The van der Waals surface area contributed by atoms with Crippen molar-refractivity contribution in [1.82, 2.24) is 0 Å². The van der Waals surface area contributed by atoms with Gasteiger partial charge >= 0.3 is 5.97 Å². The van der Waals surface area contributed by atoms with Crippen LogP contribution >= 0.6 is 0 Å². The van der Waals surface area contributed by atoms with Gasteiger partial charge in [0.1, 0.15) is 5.76 Å². The van der Waals surface area contributed by atoms with Crippen LogP contribution in [0.4, 0.5) is 0 Å². The lowest BCUT2D eigenvalue weighted by Crippen LogP contribution is -2.41. The van der Waals surface area contributed by atoms with Gasteiger partial charge in [0.25, 0.3) is 0 Å². The summed E-state index contributed by atoms with van der Waals surface area (Å²) in [4.78, 5) is 11.4. The molecular weight excluding hydrogens is 196 g/mol. The highest BCUT2D eigenvalue weighted by Crippen LogP contribution is 2.39. The second kappa shape index (κ2) is 3.70. The molecule has 0 radical (unpaired) electrons. The van der Waals surface area contributed by atoms with Crippen LogP contribution in [-0.4, -0.2) is 17.7 Å². The Kier molecular flexibility index (Phi) is 2.52. The molecule has 15 heavy (non-hydrogen) atoms. The van der Waals surface area contributed by atoms with Crippen molar-refractivity contribution in [3.63, 3.8) is 0 Å². The zero-order valence-electron chi connectivity index (χ0n) is 8.66. The average molecular weight is 210 g/mol. The lowest BCUT2D eigenvalue weighted by Gasteiger charge is -2.32. The summed E-state index contributed by atoms with van der Waals surface area (Å²) >= 11 is 0.